The molecule has 1 saturated heterocycles. The highest BCUT2D eigenvalue weighted by Crippen LogP contribution is 2.22. The van der Waals surface area contributed by atoms with Gasteiger partial charge in [0.1, 0.15) is 6.61 Å². The molecule has 0 spiro atoms. The Morgan fingerprint density at radius 2 is 2.04 bits per heavy atom. The molecule has 6 heteroatoms. The minimum atomic E-state index is -0.938. The van der Waals surface area contributed by atoms with Crippen LogP contribution in [0.15, 0.2) is 30.3 Å². The fourth-order valence-electron chi connectivity index (χ4n) is 2.78. The Bertz CT molecular complexity index is 519. The van der Waals surface area contributed by atoms with Crippen LogP contribution in [0.4, 0.5) is 4.79 Å². The van der Waals surface area contributed by atoms with Crippen LogP contribution in [0.2, 0.25) is 0 Å². The third-order valence-corrected chi connectivity index (χ3v) is 4.04. The van der Waals surface area contributed by atoms with E-state index in [0.29, 0.717) is 13.0 Å². The third-order valence-electron chi connectivity index (χ3n) is 4.04. The van der Waals surface area contributed by atoms with Crippen LogP contribution in [0.5, 0.6) is 0 Å². The van der Waals surface area contributed by atoms with Crippen molar-refractivity contribution in [1.82, 2.24) is 4.90 Å². The number of likely N-dealkylation sites (tertiary alicyclic amines) is 1. The molecule has 1 N–H and O–H groups in total. The number of esters is 1. The van der Waals surface area contributed by atoms with Gasteiger partial charge in [0.25, 0.3) is 0 Å². The van der Waals surface area contributed by atoms with E-state index >= 15 is 0 Å². The highest BCUT2D eigenvalue weighted by molar-refractivity contribution is 5.71. The Morgan fingerprint density at radius 3 is 2.74 bits per heavy atom. The van der Waals surface area contributed by atoms with Crippen molar-refractivity contribution >= 4 is 12.1 Å². The van der Waals surface area contributed by atoms with Crippen molar-refractivity contribution in [2.24, 2.45) is 0 Å². The van der Waals surface area contributed by atoms with E-state index in [1.54, 1.807) is 0 Å². The van der Waals surface area contributed by atoms with Gasteiger partial charge in [0.05, 0.1) is 25.7 Å². The summed E-state index contributed by atoms with van der Waals surface area (Å²) in [5, 5.41) is 10.2. The van der Waals surface area contributed by atoms with E-state index in [0.717, 1.165) is 18.4 Å². The lowest BCUT2D eigenvalue weighted by molar-refractivity contribution is -0.144. The maximum absolute atomic E-state index is 12.3. The molecule has 1 amide bonds. The van der Waals surface area contributed by atoms with Gasteiger partial charge in [0.15, 0.2) is 0 Å². The molecule has 23 heavy (non-hydrogen) atoms. The van der Waals surface area contributed by atoms with E-state index in [-0.39, 0.29) is 13.0 Å². The van der Waals surface area contributed by atoms with Gasteiger partial charge in [-0.15, -0.1) is 0 Å². The van der Waals surface area contributed by atoms with Gasteiger partial charge in [0.2, 0.25) is 0 Å². The number of carbonyl (C=O) groups is 2. The van der Waals surface area contributed by atoms with Crippen molar-refractivity contribution in [3.63, 3.8) is 0 Å². The number of carbonyl (C=O) groups excluding carboxylic acids is 2. The van der Waals surface area contributed by atoms with E-state index in [1.807, 2.05) is 30.3 Å². The minimum Gasteiger partial charge on any atom is -0.469 e. The fraction of sp³-hybridized carbons (Fsp3) is 0.529. The van der Waals surface area contributed by atoms with Crippen LogP contribution < -0.4 is 0 Å². The number of methoxy groups -OCH3 is 1. The molecular weight excluding hydrogens is 298 g/mol. The summed E-state index contributed by atoms with van der Waals surface area (Å²) in [5.41, 5.74) is 0.907. The minimum absolute atomic E-state index is 0.121. The highest BCUT2D eigenvalue weighted by Gasteiger charge is 2.34. The average molecular weight is 321 g/mol. The van der Waals surface area contributed by atoms with E-state index in [4.69, 9.17) is 4.74 Å². The number of amides is 1. The van der Waals surface area contributed by atoms with Crippen molar-refractivity contribution in [3.05, 3.63) is 35.9 Å². The topological polar surface area (TPSA) is 76.1 Å². The van der Waals surface area contributed by atoms with Gasteiger partial charge in [-0.25, -0.2) is 4.79 Å². The van der Waals surface area contributed by atoms with Crippen molar-refractivity contribution < 1.29 is 24.2 Å². The molecule has 0 bridgehead atoms. The molecular formula is C17H23NO5. The second-order valence-electron chi connectivity index (χ2n) is 5.64. The number of aliphatic hydroxyl groups excluding tert-OH is 1. The van der Waals surface area contributed by atoms with Gasteiger partial charge in [-0.2, -0.15) is 0 Å². The summed E-state index contributed by atoms with van der Waals surface area (Å²) in [4.78, 5) is 25.2. The Kier molecular flexibility index (Phi) is 6.40. The van der Waals surface area contributed by atoms with Gasteiger partial charge in [-0.1, -0.05) is 30.3 Å². The number of piperidine rings is 1. The summed E-state index contributed by atoms with van der Waals surface area (Å²) in [5.74, 6) is -0.485. The second-order valence-corrected chi connectivity index (χ2v) is 5.64. The number of benzene rings is 1. The molecule has 2 atom stereocenters. The van der Waals surface area contributed by atoms with E-state index in [2.05, 4.69) is 4.74 Å². The third kappa shape index (κ3) is 4.96. The maximum atomic E-state index is 12.3. The van der Waals surface area contributed by atoms with Crippen LogP contribution in [0, 0.1) is 0 Å². The van der Waals surface area contributed by atoms with Crippen LogP contribution in [0.25, 0.3) is 0 Å². The molecule has 0 aromatic heterocycles. The summed E-state index contributed by atoms with van der Waals surface area (Å²) in [6.07, 6.45) is 0.907. The molecule has 1 aliphatic heterocycles. The molecule has 1 heterocycles. The first-order chi connectivity index (χ1) is 11.1. The molecule has 126 valence electrons. The summed E-state index contributed by atoms with van der Waals surface area (Å²) in [7, 11) is 1.28. The first-order valence-electron chi connectivity index (χ1n) is 7.84. The van der Waals surface area contributed by atoms with Gasteiger partial charge >= 0.3 is 12.1 Å². The van der Waals surface area contributed by atoms with Gasteiger partial charge in [-0.05, 0) is 24.8 Å². The van der Waals surface area contributed by atoms with E-state index < -0.39 is 24.2 Å². The largest absolute Gasteiger partial charge is 0.469 e. The Hall–Kier alpha value is -2.08. The number of hydrogen-bond acceptors (Lipinski definition) is 5. The average Bonchev–Trinajstić information content (AvgIpc) is 2.60. The van der Waals surface area contributed by atoms with E-state index in [9.17, 15) is 14.7 Å². The molecule has 1 aliphatic rings. The molecule has 6 nitrogen and oxygen atoms in total. The van der Waals surface area contributed by atoms with Crippen LogP contribution in [-0.2, 0) is 20.9 Å². The molecule has 2 rings (SSSR count). The molecule has 0 unspecified atom stereocenters. The molecule has 1 fully saturated rings. The molecule has 1 aromatic carbocycles. The summed E-state index contributed by atoms with van der Waals surface area (Å²) in [6, 6.07) is 9.01. The van der Waals surface area contributed by atoms with Crippen LogP contribution in [0.3, 0.4) is 0 Å². The monoisotopic (exact) mass is 321 g/mol. The predicted octanol–water partition coefficient (Wildman–Crippen LogP) is 2.10. The Labute approximate surface area is 136 Å². The SMILES string of the molecule is COC(=O)C[C@H](O)[C@@H]1CCCCN1C(=O)OCc1ccccc1. The number of aliphatic hydroxyl groups is 1. The fourth-order valence-corrected chi connectivity index (χ4v) is 2.78. The standard InChI is InChI=1S/C17H23NO5/c1-22-16(20)11-15(19)14-9-5-6-10-18(14)17(21)23-12-13-7-3-2-4-8-13/h2-4,7-8,14-15,19H,5-6,9-12H2,1H3/t14-,15-/m0/s1. The lowest BCUT2D eigenvalue weighted by atomic mass is 9.96. The van der Waals surface area contributed by atoms with Gasteiger partial charge in [-0.3, -0.25) is 4.79 Å². The second kappa shape index (κ2) is 8.53. The van der Waals surface area contributed by atoms with Crippen LogP contribution >= 0.6 is 0 Å². The van der Waals surface area contributed by atoms with Gasteiger partial charge in [0, 0.05) is 6.54 Å². The number of rotatable bonds is 5. The maximum Gasteiger partial charge on any atom is 0.410 e. The molecule has 0 radical (unpaired) electrons. The Morgan fingerprint density at radius 1 is 1.30 bits per heavy atom. The quantitative estimate of drug-likeness (QED) is 0.841. The highest BCUT2D eigenvalue weighted by atomic mass is 16.6. The van der Waals surface area contributed by atoms with Gasteiger partial charge < -0.3 is 19.5 Å². The smallest absolute Gasteiger partial charge is 0.410 e. The summed E-state index contributed by atoms with van der Waals surface area (Å²) >= 11 is 0. The molecule has 1 aromatic rings. The zero-order valence-electron chi connectivity index (χ0n) is 13.3. The normalized spacial score (nSPS) is 19.0. The zero-order chi connectivity index (χ0) is 16.7. The van der Waals surface area contributed by atoms with E-state index in [1.165, 1.54) is 12.0 Å². The predicted molar refractivity (Wildman–Crippen MR) is 83.6 cm³/mol. The van der Waals surface area contributed by atoms with Crippen molar-refractivity contribution in [1.29, 1.82) is 0 Å². The van der Waals surface area contributed by atoms with Crippen LogP contribution in [-0.4, -0.2) is 47.9 Å². The van der Waals surface area contributed by atoms with Crippen LogP contribution in [0.1, 0.15) is 31.2 Å². The summed E-state index contributed by atoms with van der Waals surface area (Å²) in [6.45, 7) is 0.715. The van der Waals surface area contributed by atoms with Crippen molar-refractivity contribution in [2.45, 2.75) is 44.4 Å². The number of ether oxygens (including phenoxy) is 2. The molecule has 0 saturated carbocycles. The Balaban J connectivity index is 1.94. The lowest BCUT2D eigenvalue weighted by Gasteiger charge is -2.37. The number of nitrogens with zero attached hydrogens (tertiary/aromatic N) is 1. The first-order valence-corrected chi connectivity index (χ1v) is 7.84. The van der Waals surface area contributed by atoms with Crippen molar-refractivity contribution in [2.75, 3.05) is 13.7 Å². The zero-order valence-corrected chi connectivity index (χ0v) is 13.3. The lowest BCUT2D eigenvalue weighted by Crippen LogP contribution is -2.50. The number of hydrogen-bond donors (Lipinski definition) is 1. The molecule has 0 aliphatic carbocycles. The summed E-state index contributed by atoms with van der Waals surface area (Å²) < 4.78 is 9.92. The first kappa shape index (κ1) is 17.3. The van der Waals surface area contributed by atoms with Crippen molar-refractivity contribution in [3.8, 4) is 0 Å².